The zero-order valence-electron chi connectivity index (χ0n) is 10.7. The van der Waals surface area contributed by atoms with Crippen molar-refractivity contribution < 1.29 is 0 Å². The van der Waals surface area contributed by atoms with Crippen molar-refractivity contribution in [2.45, 2.75) is 32.4 Å². The molecule has 1 aromatic carbocycles. The van der Waals surface area contributed by atoms with Crippen molar-refractivity contribution in [2.75, 3.05) is 0 Å². The van der Waals surface area contributed by atoms with Crippen molar-refractivity contribution in [1.82, 2.24) is 15.1 Å². The minimum absolute atomic E-state index is 0.630. The fourth-order valence-corrected chi connectivity index (χ4v) is 2.22. The summed E-state index contributed by atoms with van der Waals surface area (Å²) < 4.78 is 1.93. The van der Waals surface area contributed by atoms with Crippen LogP contribution in [0.3, 0.4) is 0 Å². The number of nitrogens with zero attached hydrogens (tertiary/aromatic N) is 2. The molecular formula is C15H19N3. The molecule has 0 radical (unpaired) electrons. The number of nitrogens with one attached hydrogen (secondary N) is 1. The van der Waals surface area contributed by atoms with E-state index in [9.17, 15) is 0 Å². The monoisotopic (exact) mass is 241 g/mol. The van der Waals surface area contributed by atoms with Crippen molar-refractivity contribution in [3.05, 3.63) is 48.3 Å². The zero-order valence-corrected chi connectivity index (χ0v) is 10.7. The largest absolute Gasteiger partial charge is 0.310 e. The van der Waals surface area contributed by atoms with Crippen molar-refractivity contribution in [3.8, 4) is 5.69 Å². The molecule has 1 atom stereocenters. The Labute approximate surface area is 108 Å². The number of benzene rings is 1. The van der Waals surface area contributed by atoms with Crippen LogP contribution >= 0.6 is 0 Å². The van der Waals surface area contributed by atoms with Crippen molar-refractivity contribution >= 4 is 0 Å². The summed E-state index contributed by atoms with van der Waals surface area (Å²) in [6, 6.07) is 10.8. The first kappa shape index (κ1) is 11.5. The van der Waals surface area contributed by atoms with Gasteiger partial charge in [0.25, 0.3) is 0 Å². The van der Waals surface area contributed by atoms with Gasteiger partial charge >= 0.3 is 0 Å². The third-order valence-corrected chi connectivity index (χ3v) is 3.61. The van der Waals surface area contributed by atoms with Gasteiger partial charge in [0.2, 0.25) is 0 Å². The minimum atomic E-state index is 0.630. The molecule has 94 valence electrons. The summed E-state index contributed by atoms with van der Waals surface area (Å²) in [6.45, 7) is 3.18. The molecule has 18 heavy (non-hydrogen) atoms. The first-order valence-corrected chi connectivity index (χ1v) is 6.65. The predicted molar refractivity (Wildman–Crippen MR) is 72.6 cm³/mol. The highest BCUT2D eigenvalue weighted by Crippen LogP contribution is 2.32. The van der Waals surface area contributed by atoms with E-state index < -0.39 is 0 Å². The van der Waals surface area contributed by atoms with Gasteiger partial charge in [-0.25, -0.2) is 4.68 Å². The molecule has 1 heterocycles. The Kier molecular flexibility index (Phi) is 3.15. The Morgan fingerprint density at radius 3 is 2.83 bits per heavy atom. The standard InChI is InChI=1S/C15H19N3/c1-12(14-7-8-14)16-9-13-10-17-18(11-13)15-5-3-2-4-6-15/h2-6,10-12,14,16H,7-9H2,1H3. The number of hydrogen-bond donors (Lipinski definition) is 1. The van der Waals surface area contributed by atoms with Gasteiger partial charge in [0.15, 0.2) is 0 Å². The van der Waals surface area contributed by atoms with Crippen molar-refractivity contribution in [2.24, 2.45) is 5.92 Å². The molecule has 3 heteroatoms. The molecule has 0 aliphatic heterocycles. The van der Waals surface area contributed by atoms with Gasteiger partial charge in [0.05, 0.1) is 11.9 Å². The third-order valence-electron chi connectivity index (χ3n) is 3.61. The number of para-hydroxylation sites is 1. The lowest BCUT2D eigenvalue weighted by Crippen LogP contribution is -2.27. The predicted octanol–water partition coefficient (Wildman–Crippen LogP) is 2.76. The van der Waals surface area contributed by atoms with Crippen molar-refractivity contribution in [3.63, 3.8) is 0 Å². The molecule has 3 rings (SSSR count). The van der Waals surface area contributed by atoms with E-state index in [4.69, 9.17) is 0 Å². The highest BCUT2D eigenvalue weighted by atomic mass is 15.3. The van der Waals surface area contributed by atoms with E-state index in [1.807, 2.05) is 29.1 Å². The second kappa shape index (κ2) is 4.94. The van der Waals surface area contributed by atoms with Crippen molar-refractivity contribution in [1.29, 1.82) is 0 Å². The van der Waals surface area contributed by atoms with Gasteiger partial charge in [0.1, 0.15) is 0 Å². The van der Waals surface area contributed by atoms with Gasteiger partial charge in [0, 0.05) is 24.3 Å². The van der Waals surface area contributed by atoms with Crippen LogP contribution < -0.4 is 5.32 Å². The van der Waals surface area contributed by atoms with E-state index in [1.165, 1.54) is 18.4 Å². The van der Waals surface area contributed by atoms with Crippen LogP contribution in [-0.4, -0.2) is 15.8 Å². The van der Waals surface area contributed by atoms with Gasteiger partial charge in [-0.1, -0.05) is 18.2 Å². The third kappa shape index (κ3) is 2.62. The Morgan fingerprint density at radius 2 is 2.11 bits per heavy atom. The molecule has 1 aliphatic rings. The molecule has 0 amide bonds. The molecule has 1 N–H and O–H groups in total. The lowest BCUT2D eigenvalue weighted by Gasteiger charge is -2.10. The molecule has 2 aromatic rings. The number of hydrogen-bond acceptors (Lipinski definition) is 2. The molecule has 1 fully saturated rings. The second-order valence-electron chi connectivity index (χ2n) is 5.14. The highest BCUT2D eigenvalue weighted by Gasteiger charge is 2.27. The maximum atomic E-state index is 4.40. The normalized spacial score (nSPS) is 16.7. The van der Waals surface area contributed by atoms with Crippen LogP contribution in [0.2, 0.25) is 0 Å². The summed E-state index contributed by atoms with van der Waals surface area (Å²) in [7, 11) is 0. The summed E-state index contributed by atoms with van der Waals surface area (Å²) in [6.07, 6.45) is 6.82. The quantitative estimate of drug-likeness (QED) is 0.872. The van der Waals surface area contributed by atoms with E-state index in [0.717, 1.165) is 18.2 Å². The Hall–Kier alpha value is -1.61. The van der Waals surface area contributed by atoms with Crippen LogP contribution in [0.25, 0.3) is 5.69 Å². The van der Waals surface area contributed by atoms with Gasteiger partial charge in [-0.15, -0.1) is 0 Å². The molecule has 0 spiro atoms. The first-order valence-electron chi connectivity index (χ1n) is 6.65. The summed E-state index contributed by atoms with van der Waals surface area (Å²) in [5.41, 5.74) is 2.35. The topological polar surface area (TPSA) is 29.9 Å². The van der Waals surface area contributed by atoms with Gasteiger partial charge in [-0.3, -0.25) is 0 Å². The molecule has 1 unspecified atom stereocenters. The maximum Gasteiger partial charge on any atom is 0.0645 e. The van der Waals surface area contributed by atoms with Crippen LogP contribution in [-0.2, 0) is 6.54 Å². The van der Waals surface area contributed by atoms with Crippen LogP contribution in [0.1, 0.15) is 25.3 Å². The summed E-state index contributed by atoms with van der Waals surface area (Å²) in [4.78, 5) is 0. The first-order chi connectivity index (χ1) is 8.83. The van der Waals surface area contributed by atoms with Gasteiger partial charge in [-0.05, 0) is 37.8 Å². The van der Waals surface area contributed by atoms with E-state index in [-0.39, 0.29) is 0 Å². The molecule has 1 aromatic heterocycles. The second-order valence-corrected chi connectivity index (χ2v) is 5.14. The van der Waals surface area contributed by atoms with Crippen LogP contribution in [0.4, 0.5) is 0 Å². The molecule has 1 saturated carbocycles. The SMILES string of the molecule is CC(NCc1cnn(-c2ccccc2)c1)C1CC1. The Bertz CT molecular complexity index is 499. The molecule has 0 bridgehead atoms. The molecule has 3 nitrogen and oxygen atoms in total. The van der Waals surface area contributed by atoms with Crippen LogP contribution in [0, 0.1) is 5.92 Å². The van der Waals surface area contributed by atoms with Gasteiger partial charge in [-0.2, -0.15) is 5.10 Å². The zero-order chi connectivity index (χ0) is 12.4. The molecule has 1 aliphatic carbocycles. The van der Waals surface area contributed by atoms with Crippen LogP contribution in [0.15, 0.2) is 42.7 Å². The summed E-state index contributed by atoms with van der Waals surface area (Å²) >= 11 is 0. The maximum absolute atomic E-state index is 4.40. The average Bonchev–Trinajstić information content (AvgIpc) is 3.16. The van der Waals surface area contributed by atoms with E-state index >= 15 is 0 Å². The molecular weight excluding hydrogens is 222 g/mol. The number of aromatic nitrogens is 2. The lowest BCUT2D eigenvalue weighted by molar-refractivity contribution is 0.496. The fraction of sp³-hybridized carbons (Fsp3) is 0.400. The van der Waals surface area contributed by atoms with E-state index in [2.05, 4.69) is 35.7 Å². The highest BCUT2D eigenvalue weighted by molar-refractivity contribution is 5.30. The smallest absolute Gasteiger partial charge is 0.0645 e. The number of rotatable bonds is 5. The van der Waals surface area contributed by atoms with E-state index in [1.54, 1.807) is 0 Å². The molecule has 0 saturated heterocycles. The van der Waals surface area contributed by atoms with Gasteiger partial charge < -0.3 is 5.32 Å². The average molecular weight is 241 g/mol. The lowest BCUT2D eigenvalue weighted by atomic mass is 10.2. The summed E-state index contributed by atoms with van der Waals surface area (Å²) in [5, 5.41) is 7.97. The fourth-order valence-electron chi connectivity index (χ4n) is 2.22. The van der Waals surface area contributed by atoms with E-state index in [0.29, 0.717) is 6.04 Å². The summed E-state index contributed by atoms with van der Waals surface area (Å²) in [5.74, 6) is 0.897. The Balaban J connectivity index is 1.62. The Morgan fingerprint density at radius 1 is 1.33 bits per heavy atom. The minimum Gasteiger partial charge on any atom is -0.310 e. The van der Waals surface area contributed by atoms with Crippen LogP contribution in [0.5, 0.6) is 0 Å².